The summed E-state index contributed by atoms with van der Waals surface area (Å²) in [5.41, 5.74) is 3.64. The first-order chi connectivity index (χ1) is 10.9. The summed E-state index contributed by atoms with van der Waals surface area (Å²) in [6, 6.07) is 6.56. The molecular formula is C14H14BrCl2N5O. The van der Waals surface area contributed by atoms with Gasteiger partial charge in [0.25, 0.3) is 5.91 Å². The SMILES string of the molecule is CCNN(N)c1ncc(NC(=O)c2ccc(Br)cc2Cl)cc1Cl. The lowest BCUT2D eigenvalue weighted by molar-refractivity contribution is 0.102. The summed E-state index contributed by atoms with van der Waals surface area (Å²) < 4.78 is 0.791. The number of rotatable bonds is 5. The van der Waals surface area contributed by atoms with Crippen molar-refractivity contribution in [2.24, 2.45) is 5.84 Å². The number of hydrogen-bond donors (Lipinski definition) is 3. The summed E-state index contributed by atoms with van der Waals surface area (Å²) >= 11 is 15.5. The van der Waals surface area contributed by atoms with Gasteiger partial charge in [-0.15, -0.1) is 0 Å². The summed E-state index contributed by atoms with van der Waals surface area (Å²) in [4.78, 5) is 16.4. The predicted octanol–water partition coefficient (Wildman–Crippen LogP) is 3.61. The van der Waals surface area contributed by atoms with Crippen LogP contribution < -0.4 is 21.7 Å². The van der Waals surface area contributed by atoms with E-state index in [-0.39, 0.29) is 5.91 Å². The van der Waals surface area contributed by atoms with Gasteiger partial charge in [0, 0.05) is 11.0 Å². The van der Waals surface area contributed by atoms with E-state index in [0.717, 1.165) is 4.47 Å². The molecule has 6 nitrogen and oxygen atoms in total. The molecule has 0 bridgehead atoms. The number of halogens is 3. The summed E-state index contributed by atoms with van der Waals surface area (Å²) in [6.07, 6.45) is 1.46. The third kappa shape index (κ3) is 4.55. The Labute approximate surface area is 152 Å². The van der Waals surface area contributed by atoms with Crippen LogP contribution in [0.1, 0.15) is 17.3 Å². The van der Waals surface area contributed by atoms with Crippen molar-refractivity contribution in [2.75, 3.05) is 17.0 Å². The van der Waals surface area contributed by atoms with Crippen LogP contribution in [0.3, 0.4) is 0 Å². The van der Waals surface area contributed by atoms with E-state index >= 15 is 0 Å². The molecule has 0 fully saturated rings. The van der Waals surface area contributed by atoms with Gasteiger partial charge in [-0.2, -0.15) is 0 Å². The topological polar surface area (TPSA) is 83.3 Å². The first kappa shape index (κ1) is 18.0. The van der Waals surface area contributed by atoms with Crippen molar-refractivity contribution < 1.29 is 4.79 Å². The number of aromatic nitrogens is 1. The molecule has 0 aliphatic rings. The number of hydrazine groups is 2. The lowest BCUT2D eigenvalue weighted by Gasteiger charge is -2.19. The minimum atomic E-state index is -0.357. The number of nitrogens with two attached hydrogens (primary N) is 1. The largest absolute Gasteiger partial charge is 0.320 e. The maximum Gasteiger partial charge on any atom is 0.257 e. The average Bonchev–Trinajstić information content (AvgIpc) is 2.47. The quantitative estimate of drug-likeness (QED) is 0.510. The molecule has 4 N–H and O–H groups in total. The van der Waals surface area contributed by atoms with E-state index in [1.807, 2.05) is 6.92 Å². The number of pyridine rings is 1. The molecule has 1 amide bonds. The molecule has 0 saturated heterocycles. The van der Waals surface area contributed by atoms with Gasteiger partial charge < -0.3 is 5.32 Å². The molecule has 1 aromatic heterocycles. The first-order valence-corrected chi connectivity index (χ1v) is 8.17. The Morgan fingerprint density at radius 2 is 2.09 bits per heavy atom. The maximum atomic E-state index is 12.2. The summed E-state index contributed by atoms with van der Waals surface area (Å²) in [5.74, 6) is 5.75. The molecule has 23 heavy (non-hydrogen) atoms. The van der Waals surface area contributed by atoms with Gasteiger partial charge in [0.2, 0.25) is 0 Å². The van der Waals surface area contributed by atoms with Gasteiger partial charge >= 0.3 is 0 Å². The van der Waals surface area contributed by atoms with Crippen molar-refractivity contribution in [3.63, 3.8) is 0 Å². The summed E-state index contributed by atoms with van der Waals surface area (Å²) in [6.45, 7) is 2.51. The van der Waals surface area contributed by atoms with E-state index in [0.29, 0.717) is 33.7 Å². The van der Waals surface area contributed by atoms with Crippen LogP contribution in [0.2, 0.25) is 10.0 Å². The number of amides is 1. The highest BCUT2D eigenvalue weighted by Crippen LogP contribution is 2.26. The number of nitrogens with one attached hydrogen (secondary N) is 2. The van der Waals surface area contributed by atoms with Gasteiger partial charge in [-0.1, -0.05) is 46.1 Å². The van der Waals surface area contributed by atoms with E-state index in [4.69, 9.17) is 29.0 Å². The zero-order valence-electron chi connectivity index (χ0n) is 12.1. The number of benzene rings is 1. The summed E-state index contributed by atoms with van der Waals surface area (Å²) in [5, 5.41) is 4.55. The fraction of sp³-hybridized carbons (Fsp3) is 0.143. The Balaban J connectivity index is 2.17. The maximum absolute atomic E-state index is 12.2. The van der Waals surface area contributed by atoms with Crippen LogP contribution >= 0.6 is 39.1 Å². The highest BCUT2D eigenvalue weighted by atomic mass is 79.9. The molecule has 122 valence electrons. The zero-order chi connectivity index (χ0) is 17.0. The molecule has 1 aromatic carbocycles. The van der Waals surface area contributed by atoms with E-state index in [9.17, 15) is 4.79 Å². The standard InChI is InChI=1S/C14H14BrCl2N5O/c1-2-20-22(18)13-12(17)6-9(7-19-13)21-14(23)10-4-3-8(15)5-11(10)16/h3-7,20H,2,18H2,1H3,(H,21,23). The molecule has 1 heterocycles. The molecule has 2 aromatic rings. The van der Waals surface area contributed by atoms with Gasteiger partial charge in [0.1, 0.15) is 0 Å². The van der Waals surface area contributed by atoms with Crippen LogP contribution in [0.5, 0.6) is 0 Å². The fourth-order valence-corrected chi connectivity index (χ4v) is 2.81. The Kier molecular flexibility index (Phi) is 6.20. The fourth-order valence-electron chi connectivity index (χ4n) is 1.79. The van der Waals surface area contributed by atoms with Crippen molar-refractivity contribution in [1.29, 1.82) is 0 Å². The molecular weight excluding hydrogens is 405 g/mol. The van der Waals surface area contributed by atoms with Gasteiger partial charge in [0.05, 0.1) is 27.5 Å². The van der Waals surface area contributed by atoms with Crippen molar-refractivity contribution in [2.45, 2.75) is 6.92 Å². The van der Waals surface area contributed by atoms with Crippen LogP contribution in [-0.2, 0) is 0 Å². The number of carbonyl (C=O) groups is 1. The molecule has 0 unspecified atom stereocenters. The molecule has 2 rings (SSSR count). The molecule has 0 atom stereocenters. The number of hydrogen-bond acceptors (Lipinski definition) is 5. The normalized spacial score (nSPS) is 10.5. The first-order valence-electron chi connectivity index (χ1n) is 6.62. The molecule has 9 heteroatoms. The predicted molar refractivity (Wildman–Crippen MR) is 96.7 cm³/mol. The lowest BCUT2D eigenvalue weighted by atomic mass is 10.2. The van der Waals surface area contributed by atoms with Crippen LogP contribution in [0.15, 0.2) is 34.9 Å². The Bertz CT molecular complexity index is 728. The van der Waals surface area contributed by atoms with Crippen molar-refractivity contribution in [1.82, 2.24) is 10.4 Å². The van der Waals surface area contributed by atoms with Crippen LogP contribution in [-0.4, -0.2) is 17.4 Å². The molecule has 0 saturated carbocycles. The van der Waals surface area contributed by atoms with E-state index in [1.54, 1.807) is 24.3 Å². The third-order valence-corrected chi connectivity index (χ3v) is 3.90. The monoisotopic (exact) mass is 417 g/mol. The average molecular weight is 419 g/mol. The molecule has 0 aliphatic carbocycles. The van der Waals surface area contributed by atoms with Crippen molar-refractivity contribution >= 4 is 56.5 Å². The molecule has 0 spiro atoms. The summed E-state index contributed by atoms with van der Waals surface area (Å²) in [7, 11) is 0. The molecule has 0 radical (unpaired) electrons. The van der Waals surface area contributed by atoms with Gasteiger partial charge in [-0.3, -0.25) is 4.79 Å². The van der Waals surface area contributed by atoms with Crippen LogP contribution in [0.25, 0.3) is 0 Å². The van der Waals surface area contributed by atoms with E-state index < -0.39 is 0 Å². The van der Waals surface area contributed by atoms with Gasteiger partial charge in [-0.05, 0) is 24.3 Å². The van der Waals surface area contributed by atoms with Crippen molar-refractivity contribution in [3.05, 3.63) is 50.5 Å². The van der Waals surface area contributed by atoms with Crippen molar-refractivity contribution in [3.8, 4) is 0 Å². The lowest BCUT2D eigenvalue weighted by Crippen LogP contribution is -2.44. The smallest absolute Gasteiger partial charge is 0.257 e. The highest BCUT2D eigenvalue weighted by molar-refractivity contribution is 9.10. The zero-order valence-corrected chi connectivity index (χ0v) is 15.2. The van der Waals surface area contributed by atoms with Crippen LogP contribution in [0.4, 0.5) is 11.5 Å². The minimum Gasteiger partial charge on any atom is -0.320 e. The van der Waals surface area contributed by atoms with Gasteiger partial charge in [0.15, 0.2) is 5.82 Å². The highest BCUT2D eigenvalue weighted by Gasteiger charge is 2.13. The Morgan fingerprint density at radius 3 is 2.70 bits per heavy atom. The van der Waals surface area contributed by atoms with Gasteiger partial charge in [-0.25, -0.2) is 21.4 Å². The van der Waals surface area contributed by atoms with E-state index in [2.05, 4.69) is 31.7 Å². The number of carbonyl (C=O) groups excluding carboxylic acids is 1. The van der Waals surface area contributed by atoms with E-state index in [1.165, 1.54) is 11.3 Å². The Hall–Kier alpha value is -1.38. The number of anilines is 2. The second-order valence-electron chi connectivity index (χ2n) is 4.49. The van der Waals surface area contributed by atoms with Crippen LogP contribution in [0, 0.1) is 0 Å². The second-order valence-corrected chi connectivity index (χ2v) is 6.22. The minimum absolute atomic E-state index is 0.299. The Morgan fingerprint density at radius 1 is 1.35 bits per heavy atom. The number of nitrogens with zero attached hydrogens (tertiary/aromatic N) is 2. The molecule has 0 aliphatic heterocycles. The third-order valence-electron chi connectivity index (χ3n) is 2.81. The second kappa shape index (κ2) is 7.94.